The van der Waals surface area contributed by atoms with E-state index in [0.717, 1.165) is 45.0 Å². The van der Waals surface area contributed by atoms with E-state index in [0.29, 0.717) is 6.61 Å². The minimum absolute atomic E-state index is 0.0636. The molecule has 0 bridgehead atoms. The lowest BCUT2D eigenvalue weighted by atomic mass is 9.89. The lowest BCUT2D eigenvalue weighted by Crippen LogP contribution is -2.37. The van der Waals surface area contributed by atoms with Crippen molar-refractivity contribution < 1.29 is 9.47 Å². The van der Waals surface area contributed by atoms with Crippen LogP contribution in [-0.4, -0.2) is 42.8 Å². The second kappa shape index (κ2) is 8.27. The Balaban J connectivity index is 1.61. The van der Waals surface area contributed by atoms with Crippen molar-refractivity contribution in [3.05, 3.63) is 60.4 Å². The highest BCUT2D eigenvalue weighted by Crippen LogP contribution is 2.32. The molecule has 1 aliphatic rings. The summed E-state index contributed by atoms with van der Waals surface area (Å²) in [6.45, 7) is 7.24. The van der Waals surface area contributed by atoms with Gasteiger partial charge in [0.25, 0.3) is 0 Å². The molecule has 1 aliphatic heterocycles. The van der Waals surface area contributed by atoms with Crippen molar-refractivity contribution >= 4 is 0 Å². The second-order valence-corrected chi connectivity index (χ2v) is 6.56. The van der Waals surface area contributed by atoms with Gasteiger partial charge in [-0.3, -0.25) is 9.88 Å². The maximum absolute atomic E-state index is 6.07. The lowest BCUT2D eigenvalue weighted by molar-refractivity contribution is 0.0234. The van der Waals surface area contributed by atoms with Crippen LogP contribution in [0.5, 0.6) is 5.75 Å². The molecular weight excluding hydrogens is 300 g/mol. The van der Waals surface area contributed by atoms with Crippen molar-refractivity contribution in [2.45, 2.75) is 19.9 Å². The van der Waals surface area contributed by atoms with Gasteiger partial charge in [0, 0.05) is 37.5 Å². The van der Waals surface area contributed by atoms with Gasteiger partial charge in [-0.25, -0.2) is 0 Å². The van der Waals surface area contributed by atoms with Gasteiger partial charge in [-0.1, -0.05) is 24.3 Å². The monoisotopic (exact) mass is 326 g/mol. The molecule has 0 aliphatic carbocycles. The molecule has 1 aromatic heterocycles. The number of rotatable bonds is 8. The van der Waals surface area contributed by atoms with E-state index in [1.54, 1.807) is 0 Å². The molecule has 0 amide bonds. The highest BCUT2D eigenvalue weighted by Gasteiger charge is 2.39. The minimum Gasteiger partial charge on any atom is -0.493 e. The highest BCUT2D eigenvalue weighted by molar-refractivity contribution is 5.21. The Labute approximate surface area is 144 Å². The summed E-state index contributed by atoms with van der Waals surface area (Å²) in [4.78, 5) is 6.69. The van der Waals surface area contributed by atoms with Crippen LogP contribution in [0, 0.1) is 5.41 Å². The molecule has 1 fully saturated rings. The first-order valence-electron chi connectivity index (χ1n) is 8.66. The maximum Gasteiger partial charge on any atom is 0.119 e. The van der Waals surface area contributed by atoms with Gasteiger partial charge < -0.3 is 9.47 Å². The van der Waals surface area contributed by atoms with Crippen molar-refractivity contribution in [3.8, 4) is 5.75 Å². The molecule has 1 saturated heterocycles. The van der Waals surface area contributed by atoms with Gasteiger partial charge in [-0.2, -0.15) is 0 Å². The fraction of sp³-hybridized carbons (Fsp3) is 0.450. The van der Waals surface area contributed by atoms with E-state index < -0.39 is 0 Å². The van der Waals surface area contributed by atoms with Crippen LogP contribution in [0.2, 0.25) is 0 Å². The molecule has 2 aromatic rings. The van der Waals surface area contributed by atoms with E-state index in [2.05, 4.69) is 16.0 Å². The number of pyridine rings is 1. The van der Waals surface area contributed by atoms with Crippen LogP contribution in [0.1, 0.15) is 18.9 Å². The molecule has 24 heavy (non-hydrogen) atoms. The average Bonchev–Trinajstić information content (AvgIpc) is 3.03. The fourth-order valence-corrected chi connectivity index (χ4v) is 3.26. The van der Waals surface area contributed by atoms with E-state index >= 15 is 0 Å². The SMILES string of the molecule is CCOC[C@@]1(COc2ccccc2)CCN(Cc2cccnc2)C1. The quantitative estimate of drug-likeness (QED) is 0.745. The molecular formula is C20H26N2O2. The molecule has 0 N–H and O–H groups in total. The van der Waals surface area contributed by atoms with Crippen LogP contribution < -0.4 is 4.74 Å². The summed E-state index contributed by atoms with van der Waals surface area (Å²) in [5, 5.41) is 0. The van der Waals surface area contributed by atoms with E-state index in [1.165, 1.54) is 5.56 Å². The zero-order chi connectivity index (χ0) is 16.7. The van der Waals surface area contributed by atoms with Crippen LogP contribution in [0.25, 0.3) is 0 Å². The first kappa shape index (κ1) is 16.9. The second-order valence-electron chi connectivity index (χ2n) is 6.56. The molecule has 0 spiro atoms. The van der Waals surface area contributed by atoms with Crippen molar-refractivity contribution in [2.24, 2.45) is 5.41 Å². The predicted molar refractivity (Wildman–Crippen MR) is 95.0 cm³/mol. The van der Waals surface area contributed by atoms with Gasteiger partial charge in [-0.05, 0) is 43.7 Å². The summed E-state index contributed by atoms with van der Waals surface area (Å²) < 4.78 is 11.9. The van der Waals surface area contributed by atoms with Crippen LogP contribution in [0.4, 0.5) is 0 Å². The minimum atomic E-state index is 0.0636. The van der Waals surface area contributed by atoms with Crippen LogP contribution >= 0.6 is 0 Å². The summed E-state index contributed by atoms with van der Waals surface area (Å²) in [6.07, 6.45) is 4.86. The van der Waals surface area contributed by atoms with Crippen LogP contribution in [0.15, 0.2) is 54.9 Å². The summed E-state index contributed by atoms with van der Waals surface area (Å²) in [7, 11) is 0. The molecule has 4 heteroatoms. The molecule has 128 valence electrons. The first-order chi connectivity index (χ1) is 11.8. The number of nitrogens with zero attached hydrogens (tertiary/aromatic N) is 2. The van der Waals surface area contributed by atoms with E-state index in [-0.39, 0.29) is 5.41 Å². The summed E-state index contributed by atoms with van der Waals surface area (Å²) in [5.74, 6) is 0.930. The van der Waals surface area contributed by atoms with E-state index in [9.17, 15) is 0 Å². The Kier molecular flexibility index (Phi) is 5.83. The molecule has 1 aromatic carbocycles. The van der Waals surface area contributed by atoms with Gasteiger partial charge in [0.2, 0.25) is 0 Å². The normalized spacial score (nSPS) is 21.0. The largest absolute Gasteiger partial charge is 0.493 e. The highest BCUT2D eigenvalue weighted by atomic mass is 16.5. The fourth-order valence-electron chi connectivity index (χ4n) is 3.26. The number of para-hydroxylation sites is 1. The number of aromatic nitrogens is 1. The van der Waals surface area contributed by atoms with Gasteiger partial charge in [0.05, 0.1) is 13.2 Å². The standard InChI is InChI=1S/C20H26N2O2/c1-2-23-16-20(17-24-19-8-4-3-5-9-19)10-12-22(15-20)14-18-7-6-11-21-13-18/h3-9,11,13H,2,10,12,14-17H2,1H3/t20-/m1/s1. The smallest absolute Gasteiger partial charge is 0.119 e. The van der Waals surface area contributed by atoms with Gasteiger partial charge in [0.1, 0.15) is 5.75 Å². The number of hydrogen-bond donors (Lipinski definition) is 0. The Morgan fingerprint density at radius 3 is 2.75 bits per heavy atom. The zero-order valence-electron chi connectivity index (χ0n) is 14.4. The molecule has 1 atom stereocenters. The summed E-state index contributed by atoms with van der Waals surface area (Å²) in [5.41, 5.74) is 1.32. The third kappa shape index (κ3) is 4.56. The first-order valence-corrected chi connectivity index (χ1v) is 8.66. The van der Waals surface area contributed by atoms with Crippen molar-refractivity contribution in [1.29, 1.82) is 0 Å². The Morgan fingerprint density at radius 1 is 1.12 bits per heavy atom. The Bertz CT molecular complexity index is 606. The number of ether oxygens (including phenoxy) is 2. The van der Waals surface area contributed by atoms with Crippen molar-refractivity contribution in [3.63, 3.8) is 0 Å². The number of likely N-dealkylation sites (tertiary alicyclic amines) is 1. The molecule has 2 heterocycles. The number of benzene rings is 1. The molecule has 0 radical (unpaired) electrons. The van der Waals surface area contributed by atoms with Gasteiger partial charge >= 0.3 is 0 Å². The predicted octanol–water partition coefficient (Wildman–Crippen LogP) is 3.39. The number of hydrogen-bond acceptors (Lipinski definition) is 4. The molecule has 3 rings (SSSR count). The van der Waals surface area contributed by atoms with E-state index in [4.69, 9.17) is 9.47 Å². The van der Waals surface area contributed by atoms with Gasteiger partial charge in [0.15, 0.2) is 0 Å². The third-order valence-corrected chi connectivity index (χ3v) is 4.55. The summed E-state index contributed by atoms with van der Waals surface area (Å²) >= 11 is 0. The Morgan fingerprint density at radius 2 is 2.00 bits per heavy atom. The summed E-state index contributed by atoms with van der Waals surface area (Å²) in [6, 6.07) is 14.2. The van der Waals surface area contributed by atoms with E-state index in [1.807, 2.05) is 55.7 Å². The third-order valence-electron chi connectivity index (χ3n) is 4.55. The maximum atomic E-state index is 6.07. The van der Waals surface area contributed by atoms with Crippen molar-refractivity contribution in [2.75, 3.05) is 32.9 Å². The average molecular weight is 326 g/mol. The zero-order valence-corrected chi connectivity index (χ0v) is 14.4. The van der Waals surface area contributed by atoms with Crippen LogP contribution in [0.3, 0.4) is 0 Å². The van der Waals surface area contributed by atoms with Crippen LogP contribution in [-0.2, 0) is 11.3 Å². The van der Waals surface area contributed by atoms with Crippen molar-refractivity contribution in [1.82, 2.24) is 9.88 Å². The molecule has 0 saturated carbocycles. The lowest BCUT2D eigenvalue weighted by Gasteiger charge is -2.29. The molecule has 4 nitrogen and oxygen atoms in total. The topological polar surface area (TPSA) is 34.6 Å². The Hall–Kier alpha value is -1.91. The van der Waals surface area contributed by atoms with Gasteiger partial charge in [-0.15, -0.1) is 0 Å². The molecule has 0 unspecified atom stereocenters.